The fraction of sp³-hybridized carbons (Fsp3) is 0.857. The molecule has 0 spiro atoms. The molecule has 1 aliphatic heterocycles. The van der Waals surface area contributed by atoms with E-state index in [9.17, 15) is 4.79 Å². The van der Waals surface area contributed by atoms with Crippen LogP contribution in [0.1, 0.15) is 13.8 Å². The van der Waals surface area contributed by atoms with Crippen LogP contribution in [0.4, 0.5) is 0 Å². The monoisotopic (exact) mass is 177 g/mol. The Balaban J connectivity index is 2.41. The third kappa shape index (κ3) is 1.84. The van der Waals surface area contributed by atoms with Crippen molar-refractivity contribution in [3.63, 3.8) is 0 Å². The summed E-state index contributed by atoms with van der Waals surface area (Å²) in [5.41, 5.74) is -0.703. The number of carbonyl (C=O) groups excluding carboxylic acids is 1. The van der Waals surface area contributed by atoms with E-state index in [2.05, 4.69) is 5.32 Å². The second-order valence-electron chi connectivity index (χ2n) is 3.04. The standard InChI is InChI=1S/C7H12ClNO2/c1-5(2)9-6(10)7(3-8)4-11-7/h5H,3-4H2,1-2H3,(H,9,10). The first kappa shape index (κ1) is 8.81. The highest BCUT2D eigenvalue weighted by molar-refractivity contribution is 6.21. The smallest absolute Gasteiger partial charge is 0.256 e. The number of halogens is 1. The van der Waals surface area contributed by atoms with Gasteiger partial charge in [-0.25, -0.2) is 0 Å². The van der Waals surface area contributed by atoms with Gasteiger partial charge in [-0.1, -0.05) is 0 Å². The number of hydrogen-bond donors (Lipinski definition) is 1. The van der Waals surface area contributed by atoms with Crippen LogP contribution in [0.2, 0.25) is 0 Å². The maximum Gasteiger partial charge on any atom is 0.256 e. The van der Waals surface area contributed by atoms with E-state index in [-0.39, 0.29) is 17.8 Å². The Labute approximate surface area is 71.1 Å². The number of nitrogens with one attached hydrogen (secondary N) is 1. The van der Waals surface area contributed by atoms with Crippen molar-refractivity contribution in [2.75, 3.05) is 12.5 Å². The summed E-state index contributed by atoms with van der Waals surface area (Å²) in [6.07, 6.45) is 0. The summed E-state index contributed by atoms with van der Waals surface area (Å²) in [6.45, 7) is 4.26. The molecule has 0 aliphatic carbocycles. The van der Waals surface area contributed by atoms with Crippen LogP contribution in [0.15, 0.2) is 0 Å². The summed E-state index contributed by atoms with van der Waals surface area (Å²) in [4.78, 5) is 11.2. The lowest BCUT2D eigenvalue weighted by Gasteiger charge is -2.11. The first-order chi connectivity index (χ1) is 5.10. The minimum atomic E-state index is -0.703. The van der Waals surface area contributed by atoms with Gasteiger partial charge < -0.3 is 10.1 Å². The maximum absolute atomic E-state index is 11.2. The van der Waals surface area contributed by atoms with Crippen LogP contribution in [0.3, 0.4) is 0 Å². The molecule has 1 rings (SSSR count). The van der Waals surface area contributed by atoms with Crippen LogP contribution in [0, 0.1) is 0 Å². The number of rotatable bonds is 3. The molecule has 11 heavy (non-hydrogen) atoms. The summed E-state index contributed by atoms with van der Waals surface area (Å²) in [5.74, 6) is 0.147. The SMILES string of the molecule is CC(C)NC(=O)C1(CCl)CO1. The van der Waals surface area contributed by atoms with Crippen LogP contribution >= 0.6 is 11.6 Å². The Bertz CT molecular complexity index is 166. The average molecular weight is 178 g/mol. The van der Waals surface area contributed by atoms with E-state index >= 15 is 0 Å². The molecule has 1 heterocycles. The largest absolute Gasteiger partial charge is 0.358 e. The minimum absolute atomic E-state index is 0.0949. The lowest BCUT2D eigenvalue weighted by Crippen LogP contribution is -2.42. The fourth-order valence-corrected chi connectivity index (χ4v) is 1.03. The molecule has 1 unspecified atom stereocenters. The summed E-state index contributed by atoms with van der Waals surface area (Å²) in [5, 5.41) is 2.75. The van der Waals surface area contributed by atoms with E-state index < -0.39 is 5.60 Å². The molecule has 0 aromatic heterocycles. The molecular weight excluding hydrogens is 166 g/mol. The van der Waals surface area contributed by atoms with E-state index in [1.807, 2.05) is 13.8 Å². The van der Waals surface area contributed by atoms with Gasteiger partial charge in [-0.3, -0.25) is 4.79 Å². The van der Waals surface area contributed by atoms with Crippen molar-refractivity contribution < 1.29 is 9.53 Å². The highest BCUT2D eigenvalue weighted by Crippen LogP contribution is 2.28. The van der Waals surface area contributed by atoms with Crippen molar-refractivity contribution in [2.24, 2.45) is 0 Å². The van der Waals surface area contributed by atoms with Gasteiger partial charge in [0.2, 0.25) is 0 Å². The third-order valence-corrected chi connectivity index (χ3v) is 1.97. The molecule has 0 aromatic carbocycles. The Morgan fingerprint density at radius 3 is 2.64 bits per heavy atom. The predicted molar refractivity (Wildman–Crippen MR) is 42.7 cm³/mol. The minimum Gasteiger partial charge on any atom is -0.358 e. The van der Waals surface area contributed by atoms with Gasteiger partial charge in [0.05, 0.1) is 12.5 Å². The second kappa shape index (κ2) is 2.99. The molecule has 0 bridgehead atoms. The zero-order valence-corrected chi connectivity index (χ0v) is 7.44. The zero-order chi connectivity index (χ0) is 8.48. The summed E-state index contributed by atoms with van der Waals surface area (Å²) in [6, 6.07) is 0.145. The molecule has 1 aliphatic rings. The Hall–Kier alpha value is -0.280. The van der Waals surface area contributed by atoms with E-state index in [0.717, 1.165) is 0 Å². The first-order valence-corrected chi connectivity index (χ1v) is 4.15. The van der Waals surface area contributed by atoms with E-state index in [1.54, 1.807) is 0 Å². The summed E-state index contributed by atoms with van der Waals surface area (Å²) < 4.78 is 4.96. The van der Waals surface area contributed by atoms with Crippen molar-refractivity contribution in [2.45, 2.75) is 25.5 Å². The molecular formula is C7H12ClNO2. The van der Waals surface area contributed by atoms with Crippen molar-refractivity contribution >= 4 is 17.5 Å². The molecule has 3 nitrogen and oxygen atoms in total. The van der Waals surface area contributed by atoms with Gasteiger partial charge in [0.1, 0.15) is 0 Å². The quantitative estimate of drug-likeness (QED) is 0.505. The molecule has 0 radical (unpaired) electrons. The van der Waals surface area contributed by atoms with Gasteiger partial charge >= 0.3 is 0 Å². The van der Waals surface area contributed by atoms with Gasteiger partial charge in [-0.2, -0.15) is 0 Å². The van der Waals surface area contributed by atoms with Gasteiger partial charge in [-0.05, 0) is 13.8 Å². The first-order valence-electron chi connectivity index (χ1n) is 3.61. The van der Waals surface area contributed by atoms with Crippen LogP contribution < -0.4 is 5.32 Å². The lowest BCUT2D eigenvalue weighted by atomic mass is 10.2. The third-order valence-electron chi connectivity index (χ3n) is 1.54. The Morgan fingerprint density at radius 2 is 2.36 bits per heavy atom. The number of ether oxygens (including phenoxy) is 1. The zero-order valence-electron chi connectivity index (χ0n) is 6.69. The van der Waals surface area contributed by atoms with Crippen molar-refractivity contribution in [3.8, 4) is 0 Å². The Morgan fingerprint density at radius 1 is 1.82 bits per heavy atom. The molecule has 1 fully saturated rings. The molecule has 0 aromatic rings. The van der Waals surface area contributed by atoms with Gasteiger partial charge in [0.25, 0.3) is 5.91 Å². The average Bonchev–Trinajstić information content (AvgIpc) is 2.65. The molecule has 1 amide bonds. The molecule has 1 atom stereocenters. The van der Waals surface area contributed by atoms with Gasteiger partial charge in [-0.15, -0.1) is 11.6 Å². The van der Waals surface area contributed by atoms with Crippen LogP contribution in [-0.4, -0.2) is 30.0 Å². The number of carbonyl (C=O) groups is 1. The van der Waals surface area contributed by atoms with Gasteiger partial charge in [0.15, 0.2) is 5.60 Å². The summed E-state index contributed by atoms with van der Waals surface area (Å²) >= 11 is 5.55. The molecule has 0 saturated carbocycles. The van der Waals surface area contributed by atoms with E-state index in [4.69, 9.17) is 16.3 Å². The molecule has 64 valence electrons. The Kier molecular flexibility index (Phi) is 2.40. The van der Waals surface area contributed by atoms with Crippen molar-refractivity contribution in [3.05, 3.63) is 0 Å². The maximum atomic E-state index is 11.2. The number of epoxide rings is 1. The fourth-order valence-electron chi connectivity index (χ4n) is 0.750. The van der Waals surface area contributed by atoms with E-state index in [1.165, 1.54) is 0 Å². The topological polar surface area (TPSA) is 41.6 Å². The molecule has 1 saturated heterocycles. The molecule has 1 N–H and O–H groups in total. The highest BCUT2D eigenvalue weighted by Gasteiger charge is 2.51. The van der Waals surface area contributed by atoms with Crippen molar-refractivity contribution in [1.29, 1.82) is 0 Å². The normalized spacial score (nSPS) is 28.7. The second-order valence-corrected chi connectivity index (χ2v) is 3.31. The highest BCUT2D eigenvalue weighted by atomic mass is 35.5. The van der Waals surface area contributed by atoms with Crippen molar-refractivity contribution in [1.82, 2.24) is 5.32 Å². The van der Waals surface area contributed by atoms with Gasteiger partial charge in [0, 0.05) is 6.04 Å². The van der Waals surface area contributed by atoms with Crippen LogP contribution in [0.5, 0.6) is 0 Å². The van der Waals surface area contributed by atoms with E-state index in [0.29, 0.717) is 6.61 Å². The predicted octanol–water partition coefficient (Wildman–Crippen LogP) is 0.519. The number of hydrogen-bond acceptors (Lipinski definition) is 2. The lowest BCUT2D eigenvalue weighted by molar-refractivity contribution is -0.126. The molecule has 4 heteroatoms. The number of alkyl halides is 1. The van der Waals surface area contributed by atoms with Crippen LogP contribution in [0.25, 0.3) is 0 Å². The number of amides is 1. The van der Waals surface area contributed by atoms with Crippen LogP contribution in [-0.2, 0) is 9.53 Å². The summed E-state index contributed by atoms with van der Waals surface area (Å²) in [7, 11) is 0.